The van der Waals surface area contributed by atoms with Gasteiger partial charge in [0.1, 0.15) is 0 Å². The van der Waals surface area contributed by atoms with E-state index in [1.54, 1.807) is 7.05 Å². The molecule has 1 aromatic heterocycles. The van der Waals surface area contributed by atoms with Crippen LogP contribution in [0.15, 0.2) is 28.0 Å². The molecule has 0 aliphatic heterocycles. The molecule has 1 N–H and O–H groups in total. The van der Waals surface area contributed by atoms with E-state index in [2.05, 4.69) is 4.98 Å². The zero-order valence-electron chi connectivity index (χ0n) is 10.4. The van der Waals surface area contributed by atoms with Gasteiger partial charge < -0.3 is 4.98 Å². The van der Waals surface area contributed by atoms with Gasteiger partial charge in [0.15, 0.2) is 0 Å². The van der Waals surface area contributed by atoms with Crippen LogP contribution in [-0.4, -0.2) is 30.8 Å². The van der Waals surface area contributed by atoms with Gasteiger partial charge in [0.05, 0.1) is 4.90 Å². The first-order valence-electron chi connectivity index (χ1n) is 6.18. The van der Waals surface area contributed by atoms with E-state index >= 15 is 0 Å². The summed E-state index contributed by atoms with van der Waals surface area (Å²) in [6, 6.07) is 2.67. The van der Waals surface area contributed by atoms with Crippen molar-refractivity contribution in [2.24, 2.45) is 0 Å². The molecular formula is C12H18N2O3S. The standard InChI is InChI=1S/C12H18N2O3S/c1-14(10-5-3-2-4-6-10)18(16,17)11-7-8-12(15)13-9-11/h7-10H,2-6H2,1H3,(H,13,15). The average molecular weight is 270 g/mol. The van der Waals surface area contributed by atoms with Gasteiger partial charge in [0.25, 0.3) is 0 Å². The summed E-state index contributed by atoms with van der Waals surface area (Å²) in [7, 11) is -1.87. The van der Waals surface area contributed by atoms with Crippen molar-refractivity contribution in [2.45, 2.75) is 43.0 Å². The Bertz CT molecular complexity index is 538. The summed E-state index contributed by atoms with van der Waals surface area (Å²) in [5, 5.41) is 0. The lowest BCUT2D eigenvalue weighted by Crippen LogP contribution is -2.38. The summed E-state index contributed by atoms with van der Waals surface area (Å²) in [4.78, 5) is 13.5. The quantitative estimate of drug-likeness (QED) is 0.900. The highest BCUT2D eigenvalue weighted by Gasteiger charge is 2.28. The van der Waals surface area contributed by atoms with Crippen LogP contribution in [0.25, 0.3) is 0 Å². The van der Waals surface area contributed by atoms with Crippen LogP contribution >= 0.6 is 0 Å². The molecule has 0 aromatic carbocycles. The fourth-order valence-corrected chi connectivity index (χ4v) is 3.75. The Morgan fingerprint density at radius 2 is 1.89 bits per heavy atom. The highest BCUT2D eigenvalue weighted by atomic mass is 32.2. The molecule has 0 saturated heterocycles. The topological polar surface area (TPSA) is 70.2 Å². The number of sulfonamides is 1. The molecule has 0 amide bonds. The summed E-state index contributed by atoms with van der Waals surface area (Å²) in [5.41, 5.74) is -0.297. The molecule has 1 saturated carbocycles. The summed E-state index contributed by atoms with van der Waals surface area (Å²) in [6.07, 6.45) is 6.44. The summed E-state index contributed by atoms with van der Waals surface area (Å²) < 4.78 is 26.1. The predicted octanol–water partition coefficient (Wildman–Crippen LogP) is 1.33. The lowest BCUT2D eigenvalue weighted by Gasteiger charge is -2.30. The first-order valence-corrected chi connectivity index (χ1v) is 7.62. The molecule has 18 heavy (non-hydrogen) atoms. The van der Waals surface area contributed by atoms with E-state index in [4.69, 9.17) is 0 Å². The number of pyridine rings is 1. The predicted molar refractivity (Wildman–Crippen MR) is 68.9 cm³/mol. The van der Waals surface area contributed by atoms with Crippen LogP contribution in [-0.2, 0) is 10.0 Å². The van der Waals surface area contributed by atoms with Gasteiger partial charge >= 0.3 is 0 Å². The zero-order valence-corrected chi connectivity index (χ0v) is 11.2. The van der Waals surface area contributed by atoms with Crippen molar-refractivity contribution in [3.8, 4) is 0 Å². The average Bonchev–Trinajstić information content (AvgIpc) is 2.39. The molecule has 1 aromatic rings. The molecule has 1 fully saturated rings. The lowest BCUT2D eigenvalue weighted by atomic mass is 9.96. The third-order valence-electron chi connectivity index (χ3n) is 3.52. The van der Waals surface area contributed by atoms with Gasteiger partial charge in [0.2, 0.25) is 15.6 Å². The van der Waals surface area contributed by atoms with E-state index in [-0.39, 0.29) is 16.5 Å². The van der Waals surface area contributed by atoms with Crippen LogP contribution < -0.4 is 5.56 Å². The smallest absolute Gasteiger partial charge is 0.247 e. The fraction of sp³-hybridized carbons (Fsp3) is 0.583. The first kappa shape index (κ1) is 13.3. The van der Waals surface area contributed by atoms with Crippen LogP contribution in [0.4, 0.5) is 0 Å². The number of aromatic nitrogens is 1. The number of nitrogens with one attached hydrogen (secondary N) is 1. The Balaban J connectivity index is 2.24. The Hall–Kier alpha value is -1.14. The maximum atomic E-state index is 12.3. The minimum absolute atomic E-state index is 0.0793. The molecule has 1 aliphatic rings. The largest absolute Gasteiger partial charge is 0.328 e. The Kier molecular flexibility index (Phi) is 3.87. The molecule has 0 atom stereocenters. The number of nitrogens with zero attached hydrogens (tertiary/aromatic N) is 1. The number of H-pyrrole nitrogens is 1. The number of rotatable bonds is 3. The number of hydrogen-bond acceptors (Lipinski definition) is 3. The van der Waals surface area contributed by atoms with Crippen LogP contribution in [0, 0.1) is 0 Å². The van der Waals surface area contributed by atoms with Gasteiger partial charge in [-0.05, 0) is 18.9 Å². The Labute approximate surface area is 107 Å². The third-order valence-corrected chi connectivity index (χ3v) is 5.43. The van der Waals surface area contributed by atoms with Crippen molar-refractivity contribution in [1.82, 2.24) is 9.29 Å². The van der Waals surface area contributed by atoms with Gasteiger partial charge in [-0.1, -0.05) is 19.3 Å². The molecule has 0 spiro atoms. The lowest BCUT2D eigenvalue weighted by molar-refractivity contribution is 0.286. The van der Waals surface area contributed by atoms with E-state index < -0.39 is 10.0 Å². The van der Waals surface area contributed by atoms with Gasteiger partial charge in [-0.3, -0.25) is 4.79 Å². The molecule has 6 heteroatoms. The highest BCUT2D eigenvalue weighted by Crippen LogP contribution is 2.25. The second-order valence-corrected chi connectivity index (χ2v) is 6.70. The minimum Gasteiger partial charge on any atom is -0.328 e. The van der Waals surface area contributed by atoms with Gasteiger partial charge in [-0.2, -0.15) is 4.31 Å². The van der Waals surface area contributed by atoms with E-state index in [0.717, 1.165) is 25.7 Å². The Morgan fingerprint density at radius 3 is 2.44 bits per heavy atom. The van der Waals surface area contributed by atoms with E-state index in [1.165, 1.54) is 29.1 Å². The van der Waals surface area contributed by atoms with Crippen molar-refractivity contribution in [1.29, 1.82) is 0 Å². The number of hydrogen-bond donors (Lipinski definition) is 1. The third kappa shape index (κ3) is 2.64. The van der Waals surface area contributed by atoms with Gasteiger partial charge in [-0.25, -0.2) is 8.42 Å². The van der Waals surface area contributed by atoms with Crippen LogP contribution in [0.2, 0.25) is 0 Å². The maximum absolute atomic E-state index is 12.3. The zero-order chi connectivity index (χ0) is 13.2. The second kappa shape index (κ2) is 5.24. The Morgan fingerprint density at radius 1 is 1.22 bits per heavy atom. The SMILES string of the molecule is CN(C1CCCCC1)S(=O)(=O)c1ccc(=O)[nH]c1. The van der Waals surface area contributed by atoms with E-state index in [1.807, 2.05) is 0 Å². The molecule has 5 nitrogen and oxygen atoms in total. The summed E-state index contributed by atoms with van der Waals surface area (Å²) >= 11 is 0. The molecule has 2 rings (SSSR count). The highest BCUT2D eigenvalue weighted by molar-refractivity contribution is 7.89. The first-order chi connectivity index (χ1) is 8.51. The second-order valence-electron chi connectivity index (χ2n) is 4.70. The molecule has 100 valence electrons. The van der Waals surface area contributed by atoms with Crippen LogP contribution in [0.5, 0.6) is 0 Å². The van der Waals surface area contributed by atoms with Crippen molar-refractivity contribution >= 4 is 10.0 Å². The molecule has 1 heterocycles. The van der Waals surface area contributed by atoms with Crippen molar-refractivity contribution in [2.75, 3.05) is 7.05 Å². The molecular weight excluding hydrogens is 252 g/mol. The summed E-state index contributed by atoms with van der Waals surface area (Å²) in [6.45, 7) is 0. The van der Waals surface area contributed by atoms with Gasteiger partial charge in [0, 0.05) is 25.4 Å². The summed E-state index contributed by atoms with van der Waals surface area (Å²) in [5.74, 6) is 0. The maximum Gasteiger partial charge on any atom is 0.247 e. The van der Waals surface area contributed by atoms with Crippen molar-refractivity contribution in [3.63, 3.8) is 0 Å². The molecule has 0 unspecified atom stereocenters. The normalized spacial score (nSPS) is 18.1. The monoisotopic (exact) mass is 270 g/mol. The number of aromatic amines is 1. The minimum atomic E-state index is -3.49. The van der Waals surface area contributed by atoms with Crippen molar-refractivity contribution < 1.29 is 8.42 Å². The fourth-order valence-electron chi connectivity index (χ4n) is 2.36. The van der Waals surface area contributed by atoms with Crippen molar-refractivity contribution in [3.05, 3.63) is 28.7 Å². The molecule has 0 bridgehead atoms. The molecule has 1 aliphatic carbocycles. The van der Waals surface area contributed by atoms with Gasteiger partial charge in [-0.15, -0.1) is 0 Å². The van der Waals surface area contributed by atoms with E-state index in [0.29, 0.717) is 0 Å². The van der Waals surface area contributed by atoms with E-state index in [9.17, 15) is 13.2 Å². The van der Waals surface area contributed by atoms with Crippen LogP contribution in [0.1, 0.15) is 32.1 Å². The molecule has 0 radical (unpaired) electrons. The van der Waals surface area contributed by atoms with Crippen LogP contribution in [0.3, 0.4) is 0 Å².